The van der Waals surface area contributed by atoms with Crippen molar-refractivity contribution in [3.63, 3.8) is 0 Å². The average Bonchev–Trinajstić information content (AvgIpc) is 2.40. The zero-order valence-electron chi connectivity index (χ0n) is 11.0. The minimum Gasteiger partial charge on any atom is -0.461 e. The number of hydrogen-bond donors (Lipinski definition) is 0. The fraction of sp³-hybridized carbons (Fsp3) is 0.538. The summed E-state index contributed by atoms with van der Waals surface area (Å²) in [4.78, 5) is 17.7. The smallest absolute Gasteiger partial charge is 0.358 e. The Morgan fingerprint density at radius 3 is 2.70 bits per heavy atom. The Labute approximate surface area is 124 Å². The average molecular weight is 349 g/mol. The van der Waals surface area contributed by atoms with Crippen LogP contribution in [0.5, 0.6) is 0 Å². The van der Waals surface area contributed by atoms with Crippen LogP contribution in [0.4, 0.5) is 14.6 Å². The molecular weight excluding hydrogens is 334 g/mol. The number of hydrogen-bond acceptors (Lipinski definition) is 4. The Balaban J connectivity index is 2.17. The molecule has 2 rings (SSSR count). The van der Waals surface area contributed by atoms with Crippen molar-refractivity contribution in [2.45, 2.75) is 25.7 Å². The van der Waals surface area contributed by atoms with E-state index in [9.17, 15) is 13.6 Å². The molecule has 0 saturated carbocycles. The molecule has 0 atom stereocenters. The van der Waals surface area contributed by atoms with Gasteiger partial charge < -0.3 is 9.64 Å². The van der Waals surface area contributed by atoms with Crippen LogP contribution >= 0.6 is 15.9 Å². The van der Waals surface area contributed by atoms with Gasteiger partial charge in [0.1, 0.15) is 5.82 Å². The van der Waals surface area contributed by atoms with Crippen LogP contribution in [0.2, 0.25) is 0 Å². The molecule has 1 aromatic rings. The third-order valence-electron chi connectivity index (χ3n) is 3.12. The number of piperidine rings is 1. The van der Waals surface area contributed by atoms with Gasteiger partial charge in [0.15, 0.2) is 5.69 Å². The lowest BCUT2D eigenvalue weighted by atomic mass is 10.1. The van der Waals surface area contributed by atoms with E-state index in [1.807, 2.05) is 0 Å². The molecule has 0 spiro atoms. The molecule has 1 aromatic heterocycles. The van der Waals surface area contributed by atoms with Gasteiger partial charge in [0.2, 0.25) is 0 Å². The maximum Gasteiger partial charge on any atom is 0.358 e. The first-order valence-electron chi connectivity index (χ1n) is 6.39. The number of aromatic nitrogens is 1. The minimum atomic E-state index is -2.60. The molecule has 7 heteroatoms. The first kappa shape index (κ1) is 15.2. The lowest BCUT2D eigenvalue weighted by molar-refractivity contribution is -0.0221. The van der Waals surface area contributed by atoms with Crippen molar-refractivity contribution in [1.82, 2.24) is 4.98 Å². The minimum absolute atomic E-state index is 0.168. The number of carbonyl (C=O) groups excluding carboxylic acids is 1. The molecule has 4 nitrogen and oxygen atoms in total. The summed E-state index contributed by atoms with van der Waals surface area (Å²) in [6.07, 6.45) is -0.390. The van der Waals surface area contributed by atoms with Gasteiger partial charge in [0, 0.05) is 25.9 Å². The Bertz CT molecular complexity index is 501. The summed E-state index contributed by atoms with van der Waals surface area (Å²) in [6, 6.07) is 3.39. The summed E-state index contributed by atoms with van der Waals surface area (Å²) in [5.74, 6) is -2.61. The number of carbonyl (C=O) groups is 1. The van der Waals surface area contributed by atoms with Crippen molar-refractivity contribution in [2.75, 3.05) is 24.6 Å². The standard InChI is InChI=1S/C13H15BrF2N2O2/c1-2-20-12(19)11-9(14)3-4-10(17-11)18-7-5-13(15,16)6-8-18/h3-4H,2,5-8H2,1H3. The molecule has 1 saturated heterocycles. The summed E-state index contributed by atoms with van der Waals surface area (Å²) in [7, 11) is 0. The van der Waals surface area contributed by atoms with Gasteiger partial charge in [0.05, 0.1) is 11.1 Å². The van der Waals surface area contributed by atoms with Crippen LogP contribution in [0.25, 0.3) is 0 Å². The van der Waals surface area contributed by atoms with Crippen molar-refractivity contribution in [3.05, 3.63) is 22.3 Å². The molecular formula is C13H15BrF2N2O2. The first-order chi connectivity index (χ1) is 9.43. The maximum atomic E-state index is 13.1. The second-order valence-electron chi connectivity index (χ2n) is 4.56. The summed E-state index contributed by atoms with van der Waals surface area (Å²) in [5, 5.41) is 0. The van der Waals surface area contributed by atoms with Crippen LogP contribution in [0, 0.1) is 0 Å². The summed E-state index contributed by atoms with van der Waals surface area (Å²) in [5.41, 5.74) is 0.168. The lowest BCUT2D eigenvalue weighted by Gasteiger charge is -2.32. The SMILES string of the molecule is CCOC(=O)c1nc(N2CCC(F)(F)CC2)ccc1Br. The van der Waals surface area contributed by atoms with Crippen LogP contribution < -0.4 is 4.90 Å². The quantitative estimate of drug-likeness (QED) is 0.786. The molecule has 0 unspecified atom stereocenters. The number of nitrogens with zero attached hydrogens (tertiary/aromatic N) is 2. The van der Waals surface area contributed by atoms with Gasteiger partial charge in [0.25, 0.3) is 5.92 Å². The number of ether oxygens (including phenoxy) is 1. The third-order valence-corrected chi connectivity index (χ3v) is 3.76. The van der Waals surface area contributed by atoms with E-state index in [-0.39, 0.29) is 38.2 Å². The second kappa shape index (κ2) is 6.03. The van der Waals surface area contributed by atoms with E-state index in [1.165, 1.54) is 0 Å². The zero-order valence-corrected chi connectivity index (χ0v) is 12.6. The second-order valence-corrected chi connectivity index (χ2v) is 5.42. The van der Waals surface area contributed by atoms with E-state index in [0.29, 0.717) is 10.3 Å². The van der Waals surface area contributed by atoms with Crippen LogP contribution in [0.1, 0.15) is 30.3 Å². The highest BCUT2D eigenvalue weighted by Crippen LogP contribution is 2.30. The monoisotopic (exact) mass is 348 g/mol. The molecule has 1 aliphatic rings. The normalized spacial score (nSPS) is 17.9. The van der Waals surface area contributed by atoms with Crippen molar-refractivity contribution in [1.29, 1.82) is 0 Å². The van der Waals surface area contributed by atoms with Gasteiger partial charge in [-0.3, -0.25) is 0 Å². The molecule has 110 valence electrons. The molecule has 0 N–H and O–H groups in total. The van der Waals surface area contributed by atoms with Crippen LogP contribution in [0.3, 0.4) is 0 Å². The Kier molecular flexibility index (Phi) is 4.57. The Morgan fingerprint density at radius 2 is 2.10 bits per heavy atom. The number of pyridine rings is 1. The Hall–Kier alpha value is -1.24. The van der Waals surface area contributed by atoms with Crippen molar-refractivity contribution in [3.8, 4) is 0 Å². The lowest BCUT2D eigenvalue weighted by Crippen LogP contribution is -2.39. The van der Waals surface area contributed by atoms with Gasteiger partial charge in [-0.15, -0.1) is 0 Å². The topological polar surface area (TPSA) is 42.4 Å². The van der Waals surface area contributed by atoms with Gasteiger partial charge >= 0.3 is 5.97 Å². The summed E-state index contributed by atoms with van der Waals surface area (Å²) >= 11 is 3.24. The highest BCUT2D eigenvalue weighted by Gasteiger charge is 2.34. The van der Waals surface area contributed by atoms with Gasteiger partial charge in [-0.2, -0.15) is 0 Å². The van der Waals surface area contributed by atoms with Gasteiger partial charge in [-0.25, -0.2) is 18.6 Å². The predicted octanol–water partition coefficient (Wildman–Crippen LogP) is 3.26. The molecule has 0 aromatic carbocycles. The highest BCUT2D eigenvalue weighted by atomic mass is 79.9. The molecule has 20 heavy (non-hydrogen) atoms. The first-order valence-corrected chi connectivity index (χ1v) is 7.19. The van der Waals surface area contributed by atoms with Crippen molar-refractivity contribution in [2.24, 2.45) is 0 Å². The molecule has 0 amide bonds. The highest BCUT2D eigenvalue weighted by molar-refractivity contribution is 9.10. The molecule has 0 radical (unpaired) electrons. The molecule has 2 heterocycles. The number of esters is 1. The molecule has 0 aliphatic carbocycles. The fourth-order valence-electron chi connectivity index (χ4n) is 2.01. The number of rotatable bonds is 3. The summed E-state index contributed by atoms with van der Waals surface area (Å²) < 4.78 is 31.7. The van der Waals surface area contributed by atoms with Crippen LogP contribution in [0.15, 0.2) is 16.6 Å². The summed E-state index contributed by atoms with van der Waals surface area (Å²) in [6.45, 7) is 2.42. The van der Waals surface area contributed by atoms with Gasteiger partial charge in [-0.05, 0) is 35.0 Å². The van der Waals surface area contributed by atoms with Crippen molar-refractivity contribution >= 4 is 27.7 Å². The fourth-order valence-corrected chi connectivity index (χ4v) is 2.40. The van der Waals surface area contributed by atoms with E-state index in [2.05, 4.69) is 20.9 Å². The van der Waals surface area contributed by atoms with Crippen molar-refractivity contribution < 1.29 is 18.3 Å². The molecule has 1 fully saturated rings. The van der Waals surface area contributed by atoms with E-state index in [1.54, 1.807) is 24.0 Å². The molecule has 0 bridgehead atoms. The third kappa shape index (κ3) is 3.45. The van der Waals surface area contributed by atoms with Gasteiger partial charge in [-0.1, -0.05) is 0 Å². The van der Waals surface area contributed by atoms with E-state index in [4.69, 9.17) is 4.74 Å². The predicted molar refractivity (Wildman–Crippen MR) is 74.3 cm³/mol. The van der Waals surface area contributed by atoms with E-state index >= 15 is 0 Å². The van der Waals surface area contributed by atoms with Crippen LogP contribution in [-0.4, -0.2) is 36.6 Å². The number of alkyl halides is 2. The number of anilines is 1. The van der Waals surface area contributed by atoms with E-state index in [0.717, 1.165) is 0 Å². The maximum absolute atomic E-state index is 13.1. The zero-order chi connectivity index (χ0) is 14.8. The largest absolute Gasteiger partial charge is 0.461 e. The Morgan fingerprint density at radius 1 is 1.45 bits per heavy atom. The van der Waals surface area contributed by atoms with Crippen LogP contribution in [-0.2, 0) is 4.74 Å². The number of halogens is 3. The molecule has 1 aliphatic heterocycles. The van der Waals surface area contributed by atoms with E-state index < -0.39 is 11.9 Å².